The van der Waals surface area contributed by atoms with Crippen LogP contribution in [0.25, 0.3) is 10.2 Å². The van der Waals surface area contributed by atoms with Gasteiger partial charge in [-0.25, -0.2) is 9.37 Å². The van der Waals surface area contributed by atoms with Crippen LogP contribution in [0.1, 0.15) is 5.56 Å². The van der Waals surface area contributed by atoms with Crippen molar-refractivity contribution in [3.8, 4) is 0 Å². The summed E-state index contributed by atoms with van der Waals surface area (Å²) in [6.07, 6.45) is 0. The molecule has 3 aromatic rings. The molecule has 0 fully saturated rings. The van der Waals surface area contributed by atoms with Crippen molar-refractivity contribution in [2.75, 3.05) is 5.32 Å². The van der Waals surface area contributed by atoms with Crippen molar-refractivity contribution in [2.45, 2.75) is 6.92 Å². The first-order valence-electron chi connectivity index (χ1n) is 5.82. The highest BCUT2D eigenvalue weighted by atomic mass is 79.9. The molecule has 0 saturated heterocycles. The molecule has 1 N–H and O–H groups in total. The van der Waals surface area contributed by atoms with Crippen molar-refractivity contribution in [3.05, 3.63) is 51.2 Å². The van der Waals surface area contributed by atoms with E-state index in [1.807, 2.05) is 25.1 Å². The molecular weight excluding hydrogens is 363 g/mol. The maximum Gasteiger partial charge on any atom is 0.188 e. The van der Waals surface area contributed by atoms with Crippen LogP contribution in [0.2, 0.25) is 5.02 Å². The Morgan fingerprint density at radius 3 is 2.90 bits per heavy atom. The number of hydrogen-bond acceptors (Lipinski definition) is 3. The smallest absolute Gasteiger partial charge is 0.188 e. The number of hydrogen-bond donors (Lipinski definition) is 1. The zero-order valence-corrected chi connectivity index (χ0v) is 13.5. The fourth-order valence-electron chi connectivity index (χ4n) is 1.85. The molecule has 0 spiro atoms. The average Bonchev–Trinajstić information content (AvgIpc) is 2.77. The number of nitrogens with zero attached hydrogens (tertiary/aromatic N) is 1. The zero-order chi connectivity index (χ0) is 14.3. The first kappa shape index (κ1) is 13.8. The summed E-state index contributed by atoms with van der Waals surface area (Å²) in [5.74, 6) is -0.274. The van der Waals surface area contributed by atoms with Gasteiger partial charge in [-0.05, 0) is 58.7 Å². The number of halogens is 3. The molecule has 0 saturated carbocycles. The molecule has 6 heteroatoms. The molecule has 1 heterocycles. The predicted molar refractivity (Wildman–Crippen MR) is 86.7 cm³/mol. The largest absolute Gasteiger partial charge is 0.331 e. The van der Waals surface area contributed by atoms with Crippen molar-refractivity contribution in [2.24, 2.45) is 0 Å². The summed E-state index contributed by atoms with van der Waals surface area (Å²) in [4.78, 5) is 4.48. The second-order valence-electron chi connectivity index (χ2n) is 4.34. The predicted octanol–water partition coefficient (Wildman–Crippen LogP) is 5.90. The first-order valence-corrected chi connectivity index (χ1v) is 7.80. The number of thiazole rings is 1. The Morgan fingerprint density at radius 2 is 2.10 bits per heavy atom. The number of fused-ring (bicyclic) bond motifs is 1. The van der Waals surface area contributed by atoms with E-state index < -0.39 is 0 Å². The van der Waals surface area contributed by atoms with Crippen LogP contribution >= 0.6 is 38.9 Å². The van der Waals surface area contributed by atoms with Crippen molar-refractivity contribution in [1.82, 2.24) is 4.98 Å². The molecule has 1 aromatic heterocycles. The Morgan fingerprint density at radius 1 is 1.30 bits per heavy atom. The summed E-state index contributed by atoms with van der Waals surface area (Å²) < 4.78 is 14.8. The molecule has 0 aliphatic carbocycles. The minimum Gasteiger partial charge on any atom is -0.331 e. The summed E-state index contributed by atoms with van der Waals surface area (Å²) in [6.45, 7) is 1.85. The van der Waals surface area contributed by atoms with Gasteiger partial charge in [-0.1, -0.05) is 22.9 Å². The third-order valence-corrected chi connectivity index (χ3v) is 4.64. The SMILES string of the molecule is Cc1cc(F)c(Br)cc1Nc1nc2ccc(Cl)cc2s1. The highest BCUT2D eigenvalue weighted by Gasteiger charge is 2.09. The van der Waals surface area contributed by atoms with E-state index in [1.165, 1.54) is 17.4 Å². The van der Waals surface area contributed by atoms with E-state index in [0.29, 0.717) is 9.50 Å². The van der Waals surface area contributed by atoms with Gasteiger partial charge < -0.3 is 5.32 Å². The van der Waals surface area contributed by atoms with Crippen LogP contribution in [0.15, 0.2) is 34.8 Å². The first-order chi connectivity index (χ1) is 9.52. The van der Waals surface area contributed by atoms with Gasteiger partial charge in [0.15, 0.2) is 5.13 Å². The molecule has 0 atom stereocenters. The lowest BCUT2D eigenvalue weighted by molar-refractivity contribution is 0.620. The Balaban J connectivity index is 1.99. The van der Waals surface area contributed by atoms with Crippen molar-refractivity contribution in [3.63, 3.8) is 0 Å². The highest BCUT2D eigenvalue weighted by molar-refractivity contribution is 9.10. The van der Waals surface area contributed by atoms with E-state index in [9.17, 15) is 4.39 Å². The van der Waals surface area contributed by atoms with Gasteiger partial charge in [0.25, 0.3) is 0 Å². The standard InChI is InChI=1S/C14H9BrClFN2S/c1-7-4-10(17)9(15)6-12(7)19-14-18-11-3-2-8(16)5-13(11)20-14/h2-6H,1H3,(H,18,19). The molecule has 0 bridgehead atoms. The lowest BCUT2D eigenvalue weighted by Gasteiger charge is -2.07. The minimum atomic E-state index is -0.274. The number of rotatable bonds is 2. The normalized spacial score (nSPS) is 11.0. The molecule has 0 unspecified atom stereocenters. The molecule has 102 valence electrons. The van der Waals surface area contributed by atoms with Crippen LogP contribution in [0.4, 0.5) is 15.2 Å². The van der Waals surface area contributed by atoms with Crippen molar-refractivity contribution < 1.29 is 4.39 Å². The molecule has 0 aliphatic rings. The maximum absolute atomic E-state index is 13.4. The fraction of sp³-hybridized carbons (Fsp3) is 0.0714. The van der Waals surface area contributed by atoms with E-state index in [-0.39, 0.29) is 5.82 Å². The van der Waals surface area contributed by atoms with Gasteiger partial charge in [0.2, 0.25) is 0 Å². The summed E-state index contributed by atoms with van der Waals surface area (Å²) in [5, 5.41) is 4.66. The van der Waals surface area contributed by atoms with Crippen LogP contribution in [-0.2, 0) is 0 Å². The van der Waals surface area contributed by atoms with Crippen LogP contribution in [0, 0.1) is 12.7 Å². The van der Waals surface area contributed by atoms with Gasteiger partial charge >= 0.3 is 0 Å². The van der Waals surface area contributed by atoms with Crippen LogP contribution < -0.4 is 5.32 Å². The Bertz CT molecular complexity index is 803. The third-order valence-electron chi connectivity index (χ3n) is 2.86. The Kier molecular flexibility index (Phi) is 3.67. The van der Waals surface area contributed by atoms with Crippen LogP contribution in [-0.4, -0.2) is 4.98 Å². The van der Waals surface area contributed by atoms with E-state index >= 15 is 0 Å². The molecule has 0 radical (unpaired) electrons. The lowest BCUT2D eigenvalue weighted by atomic mass is 10.2. The highest BCUT2D eigenvalue weighted by Crippen LogP contribution is 2.32. The monoisotopic (exact) mass is 370 g/mol. The summed E-state index contributed by atoms with van der Waals surface area (Å²) in [7, 11) is 0. The molecule has 20 heavy (non-hydrogen) atoms. The van der Waals surface area contributed by atoms with Gasteiger partial charge in [0, 0.05) is 10.7 Å². The van der Waals surface area contributed by atoms with E-state index in [1.54, 1.807) is 6.07 Å². The Labute approximate surface area is 132 Å². The fourth-order valence-corrected chi connectivity index (χ4v) is 3.35. The topological polar surface area (TPSA) is 24.9 Å². The second kappa shape index (κ2) is 5.31. The number of aryl methyl sites for hydroxylation is 1. The number of benzene rings is 2. The van der Waals surface area contributed by atoms with Crippen molar-refractivity contribution >= 4 is 59.9 Å². The molecular formula is C14H9BrClFN2S. The zero-order valence-electron chi connectivity index (χ0n) is 10.4. The van der Waals surface area contributed by atoms with Gasteiger partial charge in [0.05, 0.1) is 14.7 Å². The Hall–Kier alpha value is -1.17. The van der Waals surface area contributed by atoms with Crippen LogP contribution in [0.3, 0.4) is 0 Å². The molecule has 3 rings (SSSR count). The number of anilines is 2. The maximum atomic E-state index is 13.4. The molecule has 0 amide bonds. The van der Waals surface area contributed by atoms with Gasteiger partial charge in [-0.3, -0.25) is 0 Å². The quantitative estimate of drug-likeness (QED) is 0.606. The van der Waals surface area contributed by atoms with Gasteiger partial charge in [0.1, 0.15) is 5.82 Å². The second-order valence-corrected chi connectivity index (χ2v) is 6.66. The van der Waals surface area contributed by atoms with Crippen molar-refractivity contribution in [1.29, 1.82) is 0 Å². The van der Waals surface area contributed by atoms with Gasteiger partial charge in [-0.2, -0.15) is 0 Å². The lowest BCUT2D eigenvalue weighted by Crippen LogP contribution is -1.94. The molecule has 2 nitrogen and oxygen atoms in total. The van der Waals surface area contributed by atoms with Crippen LogP contribution in [0.5, 0.6) is 0 Å². The minimum absolute atomic E-state index is 0.274. The molecule has 0 aliphatic heterocycles. The van der Waals surface area contributed by atoms with E-state index in [4.69, 9.17) is 11.6 Å². The van der Waals surface area contributed by atoms with E-state index in [2.05, 4.69) is 26.2 Å². The summed E-state index contributed by atoms with van der Waals surface area (Å²) in [6, 6.07) is 8.77. The summed E-state index contributed by atoms with van der Waals surface area (Å²) >= 11 is 10.7. The van der Waals surface area contributed by atoms with Gasteiger partial charge in [-0.15, -0.1) is 0 Å². The number of aromatic nitrogens is 1. The number of nitrogens with one attached hydrogen (secondary N) is 1. The average molecular weight is 372 g/mol. The summed E-state index contributed by atoms with van der Waals surface area (Å²) in [5.41, 5.74) is 2.53. The third kappa shape index (κ3) is 2.66. The van der Waals surface area contributed by atoms with E-state index in [0.717, 1.165) is 26.6 Å². The molecule has 2 aromatic carbocycles.